The molecule has 0 aromatic carbocycles. The molecule has 0 aromatic heterocycles. The van der Waals surface area contributed by atoms with Gasteiger partial charge in [0.1, 0.15) is 6.04 Å². The van der Waals surface area contributed by atoms with Crippen LogP contribution in [-0.4, -0.2) is 29.4 Å². The average molecular weight is 160 g/mol. The number of rotatable bonds is 4. The van der Waals surface area contributed by atoms with Crippen molar-refractivity contribution < 1.29 is 19.5 Å². The van der Waals surface area contributed by atoms with Gasteiger partial charge >= 0.3 is 5.97 Å². The van der Waals surface area contributed by atoms with Crippen molar-refractivity contribution >= 4 is 18.3 Å². The van der Waals surface area contributed by atoms with Crippen LogP contribution >= 0.6 is 0 Å². The number of hydrogen-bond acceptors (Lipinski definition) is 4. The van der Waals surface area contributed by atoms with Crippen molar-refractivity contribution in [2.24, 2.45) is 5.73 Å². The first-order valence-corrected chi connectivity index (χ1v) is 2.79. The molecule has 0 aliphatic rings. The van der Waals surface area contributed by atoms with Crippen molar-refractivity contribution in [2.75, 3.05) is 0 Å². The molecule has 0 saturated heterocycles. The van der Waals surface area contributed by atoms with Gasteiger partial charge in [0.15, 0.2) is 0 Å². The van der Waals surface area contributed by atoms with Crippen LogP contribution in [0.3, 0.4) is 0 Å². The molecule has 0 unspecified atom stereocenters. The molecular weight excluding hydrogens is 152 g/mol. The average Bonchev–Trinajstić information content (AvgIpc) is 1.87. The van der Waals surface area contributed by atoms with E-state index in [1.807, 2.05) is 0 Å². The quantitative estimate of drug-likeness (QED) is 0.414. The molecule has 62 valence electrons. The zero-order valence-corrected chi connectivity index (χ0v) is 5.61. The summed E-state index contributed by atoms with van der Waals surface area (Å²) >= 11 is 0. The van der Waals surface area contributed by atoms with Gasteiger partial charge in [0.25, 0.3) is 0 Å². The van der Waals surface area contributed by atoms with E-state index in [-0.39, 0.29) is 6.41 Å². The van der Waals surface area contributed by atoms with Gasteiger partial charge in [0.05, 0.1) is 6.42 Å². The molecule has 0 aliphatic heterocycles. The number of aliphatic carboxylic acids is 1. The number of carbonyl (C=O) groups excluding carboxylic acids is 2. The highest BCUT2D eigenvalue weighted by Gasteiger charge is 2.15. The number of imide groups is 1. The molecule has 11 heavy (non-hydrogen) atoms. The number of carbonyl (C=O) groups is 3. The lowest BCUT2D eigenvalue weighted by atomic mass is 10.2. The van der Waals surface area contributed by atoms with Crippen molar-refractivity contribution in [1.29, 1.82) is 0 Å². The maximum absolute atomic E-state index is 10.5. The Morgan fingerprint density at radius 3 is 2.55 bits per heavy atom. The molecule has 0 aliphatic carbocycles. The molecule has 0 fully saturated rings. The molecule has 4 N–H and O–H groups in total. The minimum atomic E-state index is -1.27. The third-order valence-electron chi connectivity index (χ3n) is 0.942. The van der Waals surface area contributed by atoms with Gasteiger partial charge < -0.3 is 10.8 Å². The zero-order valence-electron chi connectivity index (χ0n) is 5.61. The van der Waals surface area contributed by atoms with E-state index >= 15 is 0 Å². The molecule has 0 rings (SSSR count). The highest BCUT2D eigenvalue weighted by atomic mass is 16.4. The Labute approximate surface area is 62.4 Å². The van der Waals surface area contributed by atoms with Crippen molar-refractivity contribution in [3.05, 3.63) is 0 Å². The second-order valence-corrected chi connectivity index (χ2v) is 1.83. The number of carboxylic acids is 1. The van der Waals surface area contributed by atoms with E-state index in [0.717, 1.165) is 0 Å². The minimum absolute atomic E-state index is 0.177. The number of nitrogens with one attached hydrogen (secondary N) is 1. The van der Waals surface area contributed by atoms with Gasteiger partial charge in [-0.1, -0.05) is 0 Å². The van der Waals surface area contributed by atoms with Crippen molar-refractivity contribution in [3.63, 3.8) is 0 Å². The van der Waals surface area contributed by atoms with E-state index in [1.54, 1.807) is 5.32 Å². The molecule has 2 amide bonds. The summed E-state index contributed by atoms with van der Waals surface area (Å²) in [5.41, 5.74) is 4.97. The van der Waals surface area contributed by atoms with Gasteiger partial charge in [-0.2, -0.15) is 0 Å². The smallest absolute Gasteiger partial charge is 0.321 e. The summed E-state index contributed by atoms with van der Waals surface area (Å²) in [6.45, 7) is 0. The fraction of sp³-hybridized carbons (Fsp3) is 0.400. The Morgan fingerprint density at radius 1 is 1.64 bits per heavy atom. The SMILES string of the molecule is N[C@@H](CC(=O)NC=O)C(=O)O. The van der Waals surface area contributed by atoms with Crippen LogP contribution in [0.15, 0.2) is 0 Å². The molecule has 0 saturated carbocycles. The summed E-state index contributed by atoms with van der Waals surface area (Å²) in [5, 5.41) is 9.97. The summed E-state index contributed by atoms with van der Waals surface area (Å²) in [7, 11) is 0. The van der Waals surface area contributed by atoms with E-state index in [0.29, 0.717) is 0 Å². The van der Waals surface area contributed by atoms with Crippen LogP contribution in [-0.2, 0) is 14.4 Å². The van der Waals surface area contributed by atoms with Crippen LogP contribution in [0, 0.1) is 0 Å². The standard InChI is InChI=1S/C5H8N2O4/c6-3(5(10)11)1-4(9)7-2-8/h2-3H,1,6H2,(H,10,11)(H,7,8,9)/t3-/m0/s1. The maximum Gasteiger partial charge on any atom is 0.321 e. The van der Waals surface area contributed by atoms with E-state index < -0.39 is 24.3 Å². The van der Waals surface area contributed by atoms with E-state index in [1.165, 1.54) is 0 Å². The Kier molecular flexibility index (Phi) is 3.82. The number of carboxylic acid groups (broad SMARTS) is 1. The molecule has 0 aromatic rings. The van der Waals surface area contributed by atoms with Gasteiger partial charge in [-0.3, -0.25) is 19.7 Å². The van der Waals surface area contributed by atoms with Crippen molar-refractivity contribution in [3.8, 4) is 0 Å². The van der Waals surface area contributed by atoms with E-state index in [2.05, 4.69) is 0 Å². The van der Waals surface area contributed by atoms with Crippen LogP contribution < -0.4 is 11.1 Å². The molecule has 6 heteroatoms. The highest BCUT2D eigenvalue weighted by Crippen LogP contribution is 1.86. The van der Waals surface area contributed by atoms with Gasteiger partial charge in [-0.15, -0.1) is 0 Å². The third kappa shape index (κ3) is 4.04. The molecule has 6 nitrogen and oxygen atoms in total. The second kappa shape index (κ2) is 4.40. The van der Waals surface area contributed by atoms with Crippen molar-refractivity contribution in [2.45, 2.75) is 12.5 Å². The third-order valence-corrected chi connectivity index (χ3v) is 0.942. The molecule has 0 spiro atoms. The first-order chi connectivity index (χ1) is 5.07. The summed E-state index contributed by atoms with van der Waals surface area (Å²) in [6.07, 6.45) is -0.217. The fourth-order valence-corrected chi connectivity index (χ4v) is 0.412. The van der Waals surface area contributed by atoms with Gasteiger partial charge in [0, 0.05) is 0 Å². The normalized spacial score (nSPS) is 11.7. The van der Waals surface area contributed by atoms with Crippen LogP contribution in [0.25, 0.3) is 0 Å². The molecular formula is C5H8N2O4. The summed E-state index contributed by atoms with van der Waals surface area (Å²) in [6, 6.07) is -1.25. The minimum Gasteiger partial charge on any atom is -0.480 e. The van der Waals surface area contributed by atoms with Crippen LogP contribution in [0.2, 0.25) is 0 Å². The summed E-state index contributed by atoms with van der Waals surface area (Å²) in [4.78, 5) is 30.2. The lowest BCUT2D eigenvalue weighted by Crippen LogP contribution is -2.36. The Morgan fingerprint density at radius 2 is 2.18 bits per heavy atom. The van der Waals surface area contributed by atoms with E-state index in [4.69, 9.17) is 10.8 Å². The molecule has 1 atom stereocenters. The van der Waals surface area contributed by atoms with Gasteiger partial charge in [0.2, 0.25) is 12.3 Å². The van der Waals surface area contributed by atoms with E-state index in [9.17, 15) is 14.4 Å². The number of hydrogen-bond donors (Lipinski definition) is 3. The monoisotopic (exact) mass is 160 g/mol. The summed E-state index contributed by atoms with van der Waals surface area (Å²) in [5.74, 6) is -1.97. The number of nitrogens with two attached hydrogens (primary N) is 1. The first-order valence-electron chi connectivity index (χ1n) is 2.79. The summed E-state index contributed by atoms with van der Waals surface area (Å²) < 4.78 is 0. The fourth-order valence-electron chi connectivity index (χ4n) is 0.412. The molecule has 0 bridgehead atoms. The van der Waals surface area contributed by atoms with Gasteiger partial charge in [-0.05, 0) is 0 Å². The lowest BCUT2D eigenvalue weighted by Gasteiger charge is -2.02. The Balaban J connectivity index is 3.74. The Bertz CT molecular complexity index is 179. The predicted octanol–water partition coefficient (Wildman–Crippen LogP) is -1.94. The van der Waals surface area contributed by atoms with Crippen LogP contribution in [0.1, 0.15) is 6.42 Å². The zero-order chi connectivity index (χ0) is 8.85. The second-order valence-electron chi connectivity index (χ2n) is 1.83. The largest absolute Gasteiger partial charge is 0.480 e. The lowest BCUT2D eigenvalue weighted by molar-refractivity contribution is -0.140. The predicted molar refractivity (Wildman–Crippen MR) is 34.4 cm³/mol. The van der Waals surface area contributed by atoms with Crippen molar-refractivity contribution in [1.82, 2.24) is 5.32 Å². The van der Waals surface area contributed by atoms with Crippen LogP contribution in [0.4, 0.5) is 0 Å². The Hall–Kier alpha value is -1.43. The molecule has 0 radical (unpaired) electrons. The maximum atomic E-state index is 10.5. The topological polar surface area (TPSA) is 109 Å². The van der Waals surface area contributed by atoms with Crippen LogP contribution in [0.5, 0.6) is 0 Å². The first kappa shape index (κ1) is 9.57. The molecule has 0 heterocycles. The van der Waals surface area contributed by atoms with Gasteiger partial charge in [-0.25, -0.2) is 0 Å². The number of amides is 2. The highest BCUT2D eigenvalue weighted by molar-refractivity contribution is 5.89.